The van der Waals surface area contributed by atoms with Crippen molar-refractivity contribution in [1.29, 1.82) is 0 Å². The first-order valence-electron chi connectivity index (χ1n) is 6.42. The third-order valence-corrected chi connectivity index (χ3v) is 3.29. The van der Waals surface area contributed by atoms with Crippen molar-refractivity contribution in [3.05, 3.63) is 0 Å². The van der Waals surface area contributed by atoms with E-state index < -0.39 is 11.9 Å². The van der Waals surface area contributed by atoms with E-state index in [1.54, 1.807) is 4.90 Å². The molecule has 0 saturated carbocycles. The summed E-state index contributed by atoms with van der Waals surface area (Å²) in [4.78, 5) is 24.8. The van der Waals surface area contributed by atoms with Crippen LogP contribution in [0.4, 0.5) is 0 Å². The van der Waals surface area contributed by atoms with Crippen LogP contribution in [-0.2, 0) is 14.3 Å². The van der Waals surface area contributed by atoms with Gasteiger partial charge in [-0.25, -0.2) is 0 Å². The Balaban J connectivity index is 2.45. The minimum Gasteiger partial charge on any atom is -0.377 e. The first-order valence-corrected chi connectivity index (χ1v) is 6.42. The second-order valence-electron chi connectivity index (χ2n) is 4.80. The van der Waals surface area contributed by atoms with Crippen LogP contribution in [0.15, 0.2) is 0 Å². The van der Waals surface area contributed by atoms with Gasteiger partial charge < -0.3 is 21.1 Å². The lowest BCUT2D eigenvalue weighted by molar-refractivity contribution is -0.147. The quantitative estimate of drug-likeness (QED) is 0.668. The number of amides is 2. The SMILES string of the molecule is CC(CCN)CCC(=O)N1CCOCC1C(N)=O. The molecule has 18 heavy (non-hydrogen) atoms. The average Bonchev–Trinajstić information content (AvgIpc) is 2.36. The second kappa shape index (κ2) is 7.33. The fraction of sp³-hybridized carbons (Fsp3) is 0.833. The Morgan fingerprint density at radius 1 is 1.44 bits per heavy atom. The maximum absolute atomic E-state index is 12.1. The summed E-state index contributed by atoms with van der Waals surface area (Å²) in [7, 11) is 0. The Kier molecular flexibility index (Phi) is 6.07. The molecule has 2 unspecified atom stereocenters. The van der Waals surface area contributed by atoms with Crippen LogP contribution in [0.1, 0.15) is 26.2 Å². The summed E-state index contributed by atoms with van der Waals surface area (Å²) in [6.45, 7) is 3.83. The molecule has 6 heteroatoms. The van der Waals surface area contributed by atoms with Crippen LogP contribution in [0.2, 0.25) is 0 Å². The molecule has 0 aromatic carbocycles. The molecule has 1 fully saturated rings. The van der Waals surface area contributed by atoms with Crippen molar-refractivity contribution in [2.75, 3.05) is 26.3 Å². The molecule has 1 aliphatic heterocycles. The summed E-state index contributed by atoms with van der Waals surface area (Å²) in [6, 6.07) is -0.615. The summed E-state index contributed by atoms with van der Waals surface area (Å²) >= 11 is 0. The number of nitrogens with two attached hydrogens (primary N) is 2. The molecule has 104 valence electrons. The maximum atomic E-state index is 12.1. The zero-order chi connectivity index (χ0) is 13.5. The molecule has 0 spiro atoms. The number of carbonyl (C=O) groups is 2. The Bertz CT molecular complexity index is 296. The first kappa shape index (κ1) is 14.9. The van der Waals surface area contributed by atoms with Crippen molar-refractivity contribution in [2.24, 2.45) is 17.4 Å². The third-order valence-electron chi connectivity index (χ3n) is 3.29. The lowest BCUT2D eigenvalue weighted by atomic mass is 10.0. The van der Waals surface area contributed by atoms with Gasteiger partial charge in [-0.3, -0.25) is 9.59 Å². The van der Waals surface area contributed by atoms with Crippen molar-refractivity contribution in [3.63, 3.8) is 0 Å². The molecule has 1 heterocycles. The van der Waals surface area contributed by atoms with Gasteiger partial charge in [0.1, 0.15) is 6.04 Å². The molecule has 1 saturated heterocycles. The highest BCUT2D eigenvalue weighted by molar-refractivity contribution is 5.86. The normalized spacial score (nSPS) is 21.7. The van der Waals surface area contributed by atoms with E-state index in [0.29, 0.717) is 32.0 Å². The van der Waals surface area contributed by atoms with E-state index in [0.717, 1.165) is 12.8 Å². The minimum atomic E-state index is -0.615. The van der Waals surface area contributed by atoms with Gasteiger partial charge in [-0.05, 0) is 25.3 Å². The van der Waals surface area contributed by atoms with E-state index in [9.17, 15) is 9.59 Å². The molecule has 0 aromatic rings. The summed E-state index contributed by atoms with van der Waals surface area (Å²) in [5, 5.41) is 0. The Labute approximate surface area is 108 Å². The summed E-state index contributed by atoms with van der Waals surface area (Å²) in [5.74, 6) is -0.101. The van der Waals surface area contributed by atoms with Crippen LogP contribution in [0.5, 0.6) is 0 Å². The fourth-order valence-electron chi connectivity index (χ4n) is 2.08. The molecule has 0 aliphatic carbocycles. The number of carbonyl (C=O) groups excluding carboxylic acids is 2. The smallest absolute Gasteiger partial charge is 0.242 e. The molecule has 6 nitrogen and oxygen atoms in total. The van der Waals surface area contributed by atoms with Crippen molar-refractivity contribution >= 4 is 11.8 Å². The van der Waals surface area contributed by atoms with Gasteiger partial charge in [0.2, 0.25) is 11.8 Å². The highest BCUT2D eigenvalue weighted by Gasteiger charge is 2.30. The van der Waals surface area contributed by atoms with Crippen LogP contribution in [0.3, 0.4) is 0 Å². The summed E-state index contributed by atoms with van der Waals surface area (Å²) in [6.07, 6.45) is 2.14. The van der Waals surface area contributed by atoms with Gasteiger partial charge in [0.05, 0.1) is 13.2 Å². The molecule has 2 atom stereocenters. The predicted molar refractivity (Wildman–Crippen MR) is 67.6 cm³/mol. The van der Waals surface area contributed by atoms with Gasteiger partial charge in [-0.1, -0.05) is 6.92 Å². The highest BCUT2D eigenvalue weighted by atomic mass is 16.5. The first-order chi connectivity index (χ1) is 8.56. The monoisotopic (exact) mass is 257 g/mol. The number of ether oxygens (including phenoxy) is 1. The van der Waals surface area contributed by atoms with Crippen molar-refractivity contribution in [1.82, 2.24) is 4.90 Å². The van der Waals surface area contributed by atoms with E-state index in [1.807, 2.05) is 0 Å². The summed E-state index contributed by atoms with van der Waals surface area (Å²) < 4.78 is 5.18. The van der Waals surface area contributed by atoms with E-state index in [4.69, 9.17) is 16.2 Å². The van der Waals surface area contributed by atoms with Crippen LogP contribution in [-0.4, -0.2) is 49.1 Å². The Hall–Kier alpha value is -1.14. The topological polar surface area (TPSA) is 98.7 Å². The van der Waals surface area contributed by atoms with Crippen molar-refractivity contribution in [3.8, 4) is 0 Å². The lowest BCUT2D eigenvalue weighted by Gasteiger charge is -2.33. The van der Waals surface area contributed by atoms with Crippen LogP contribution >= 0.6 is 0 Å². The Morgan fingerprint density at radius 2 is 2.17 bits per heavy atom. The maximum Gasteiger partial charge on any atom is 0.242 e. The number of hydrogen-bond donors (Lipinski definition) is 2. The predicted octanol–water partition coefficient (Wildman–Crippen LogP) is -0.536. The standard InChI is InChI=1S/C12H23N3O3/c1-9(4-5-13)2-3-11(16)15-6-7-18-8-10(15)12(14)17/h9-10H,2-8,13H2,1H3,(H2,14,17). The van der Waals surface area contributed by atoms with Crippen LogP contribution < -0.4 is 11.5 Å². The number of rotatable bonds is 6. The van der Waals surface area contributed by atoms with Crippen LogP contribution in [0.25, 0.3) is 0 Å². The van der Waals surface area contributed by atoms with Gasteiger partial charge in [-0.2, -0.15) is 0 Å². The molecule has 4 N–H and O–H groups in total. The minimum absolute atomic E-state index is 0.0222. The Morgan fingerprint density at radius 3 is 2.78 bits per heavy atom. The molecule has 0 bridgehead atoms. The van der Waals surface area contributed by atoms with Crippen molar-refractivity contribution in [2.45, 2.75) is 32.2 Å². The molecular formula is C12H23N3O3. The van der Waals surface area contributed by atoms with Crippen molar-refractivity contribution < 1.29 is 14.3 Å². The van der Waals surface area contributed by atoms with Gasteiger partial charge in [0.15, 0.2) is 0 Å². The number of nitrogens with zero attached hydrogens (tertiary/aromatic N) is 1. The van der Waals surface area contributed by atoms with Gasteiger partial charge in [0, 0.05) is 13.0 Å². The zero-order valence-corrected chi connectivity index (χ0v) is 10.9. The number of hydrogen-bond acceptors (Lipinski definition) is 4. The molecule has 0 aromatic heterocycles. The average molecular weight is 257 g/mol. The number of primary amides is 1. The fourth-order valence-corrected chi connectivity index (χ4v) is 2.08. The van der Waals surface area contributed by atoms with E-state index in [2.05, 4.69) is 6.92 Å². The van der Waals surface area contributed by atoms with E-state index >= 15 is 0 Å². The van der Waals surface area contributed by atoms with Gasteiger partial charge in [-0.15, -0.1) is 0 Å². The molecule has 2 amide bonds. The zero-order valence-electron chi connectivity index (χ0n) is 10.9. The molecule has 0 radical (unpaired) electrons. The lowest BCUT2D eigenvalue weighted by Crippen LogP contribution is -2.54. The largest absolute Gasteiger partial charge is 0.377 e. The second-order valence-corrected chi connectivity index (χ2v) is 4.80. The van der Waals surface area contributed by atoms with E-state index in [-0.39, 0.29) is 12.5 Å². The molecule has 1 aliphatic rings. The van der Waals surface area contributed by atoms with Crippen LogP contribution in [0, 0.1) is 5.92 Å². The van der Waals surface area contributed by atoms with E-state index in [1.165, 1.54) is 0 Å². The van der Waals surface area contributed by atoms with Gasteiger partial charge >= 0.3 is 0 Å². The third kappa shape index (κ3) is 4.27. The molecule has 1 rings (SSSR count). The number of morpholine rings is 1. The van der Waals surface area contributed by atoms with Gasteiger partial charge in [0.25, 0.3) is 0 Å². The molecular weight excluding hydrogens is 234 g/mol. The highest BCUT2D eigenvalue weighted by Crippen LogP contribution is 2.14. The summed E-state index contributed by atoms with van der Waals surface area (Å²) in [5.41, 5.74) is 10.7.